The van der Waals surface area contributed by atoms with E-state index in [1.54, 1.807) is 0 Å². The zero-order chi connectivity index (χ0) is 19.7. The summed E-state index contributed by atoms with van der Waals surface area (Å²) in [5, 5.41) is 11.7. The Morgan fingerprint density at radius 1 is 1.14 bits per heavy atom. The molecule has 0 aliphatic carbocycles. The second kappa shape index (κ2) is 7.44. The third kappa shape index (κ3) is 4.13. The second-order valence-corrected chi connectivity index (χ2v) is 8.49. The van der Waals surface area contributed by atoms with Crippen molar-refractivity contribution in [1.29, 1.82) is 0 Å². The lowest BCUT2D eigenvalue weighted by Gasteiger charge is -2.30. The van der Waals surface area contributed by atoms with Crippen LogP contribution in [0.1, 0.15) is 38.5 Å². The van der Waals surface area contributed by atoms with Crippen LogP contribution >= 0.6 is 0 Å². The predicted molar refractivity (Wildman–Crippen MR) is 104 cm³/mol. The lowest BCUT2D eigenvalue weighted by molar-refractivity contribution is 0.190. The fraction of sp³-hybridized carbons (Fsp3) is 0.500. The molecule has 0 saturated carbocycles. The molecule has 0 spiro atoms. The summed E-state index contributed by atoms with van der Waals surface area (Å²) < 4.78 is 10.9. The van der Waals surface area contributed by atoms with E-state index in [-0.39, 0.29) is 11.5 Å². The molecule has 1 saturated heterocycles. The van der Waals surface area contributed by atoms with Gasteiger partial charge in [0.15, 0.2) is 5.82 Å². The van der Waals surface area contributed by atoms with Gasteiger partial charge in [-0.25, -0.2) is 0 Å². The average molecular weight is 382 g/mol. The van der Waals surface area contributed by atoms with Crippen molar-refractivity contribution in [2.75, 3.05) is 26.7 Å². The summed E-state index contributed by atoms with van der Waals surface area (Å²) in [6.45, 7) is 9.17. The summed E-state index contributed by atoms with van der Waals surface area (Å²) in [5.41, 5.74) is 1.79. The fourth-order valence-electron chi connectivity index (χ4n) is 3.27. The molecule has 1 fully saturated rings. The molecule has 3 aromatic rings. The molecular formula is C20H26N6O2. The molecular weight excluding hydrogens is 356 g/mol. The Kier molecular flexibility index (Phi) is 4.99. The van der Waals surface area contributed by atoms with Crippen molar-refractivity contribution >= 4 is 0 Å². The number of benzene rings is 1. The molecule has 1 N–H and O–H groups in total. The van der Waals surface area contributed by atoms with E-state index in [1.807, 2.05) is 24.3 Å². The van der Waals surface area contributed by atoms with E-state index in [0.717, 1.165) is 37.2 Å². The summed E-state index contributed by atoms with van der Waals surface area (Å²) in [6, 6.07) is 7.89. The maximum absolute atomic E-state index is 5.53. The van der Waals surface area contributed by atoms with Gasteiger partial charge in [0.2, 0.25) is 11.7 Å². The van der Waals surface area contributed by atoms with Gasteiger partial charge in [-0.2, -0.15) is 9.97 Å². The first-order chi connectivity index (χ1) is 13.4. The molecule has 0 radical (unpaired) electrons. The molecule has 0 bridgehead atoms. The molecule has 1 unspecified atom stereocenters. The summed E-state index contributed by atoms with van der Waals surface area (Å²) >= 11 is 0. The van der Waals surface area contributed by atoms with Gasteiger partial charge in [0, 0.05) is 37.2 Å². The molecule has 8 nitrogen and oxygen atoms in total. The molecule has 28 heavy (non-hydrogen) atoms. The van der Waals surface area contributed by atoms with Crippen molar-refractivity contribution in [3.63, 3.8) is 0 Å². The van der Waals surface area contributed by atoms with Crippen molar-refractivity contribution in [1.82, 2.24) is 30.5 Å². The first-order valence-electron chi connectivity index (χ1n) is 9.57. The quantitative estimate of drug-likeness (QED) is 0.736. The van der Waals surface area contributed by atoms with E-state index in [0.29, 0.717) is 23.4 Å². The molecule has 0 amide bonds. The first-order valence-corrected chi connectivity index (χ1v) is 9.57. The van der Waals surface area contributed by atoms with Gasteiger partial charge in [-0.05, 0) is 24.6 Å². The number of hydrogen-bond acceptors (Lipinski definition) is 8. The van der Waals surface area contributed by atoms with Crippen LogP contribution in [-0.2, 0) is 6.42 Å². The largest absolute Gasteiger partial charge is 0.339 e. The minimum absolute atomic E-state index is 0.0902. The standard InChI is InChI=1S/C20H26N6O2/c1-20(2,3)11-16-22-17(24-27-16)13-6-5-7-14(10-13)19-23-18(25-28-19)15-12-21-8-9-26(15)4/h5-7,10,15,21H,8-9,11-12H2,1-4H3. The lowest BCUT2D eigenvalue weighted by Crippen LogP contribution is -2.44. The van der Waals surface area contributed by atoms with Gasteiger partial charge in [0.25, 0.3) is 5.89 Å². The number of nitrogens with one attached hydrogen (secondary N) is 1. The van der Waals surface area contributed by atoms with Crippen LogP contribution in [0.5, 0.6) is 0 Å². The Bertz CT molecular complexity index is 942. The third-order valence-corrected chi connectivity index (χ3v) is 4.77. The number of aromatic nitrogens is 4. The second-order valence-electron chi connectivity index (χ2n) is 8.49. The van der Waals surface area contributed by atoms with E-state index in [4.69, 9.17) is 9.05 Å². The number of rotatable bonds is 4. The van der Waals surface area contributed by atoms with Crippen molar-refractivity contribution < 1.29 is 9.05 Å². The van der Waals surface area contributed by atoms with E-state index in [1.165, 1.54) is 0 Å². The maximum atomic E-state index is 5.53. The van der Waals surface area contributed by atoms with E-state index in [2.05, 4.69) is 58.3 Å². The van der Waals surface area contributed by atoms with E-state index >= 15 is 0 Å². The fourth-order valence-corrected chi connectivity index (χ4v) is 3.27. The van der Waals surface area contributed by atoms with Crippen LogP contribution in [0.4, 0.5) is 0 Å². The summed E-state index contributed by atoms with van der Waals surface area (Å²) in [4.78, 5) is 11.4. The van der Waals surface area contributed by atoms with Crippen molar-refractivity contribution in [2.45, 2.75) is 33.2 Å². The van der Waals surface area contributed by atoms with Gasteiger partial charge in [-0.1, -0.05) is 43.2 Å². The van der Waals surface area contributed by atoms with Crippen LogP contribution in [0.3, 0.4) is 0 Å². The molecule has 1 aliphatic rings. The Hall–Kier alpha value is -2.58. The maximum Gasteiger partial charge on any atom is 0.258 e. The topological polar surface area (TPSA) is 93.1 Å². The third-order valence-electron chi connectivity index (χ3n) is 4.77. The molecule has 1 atom stereocenters. The molecule has 4 rings (SSSR count). The zero-order valence-corrected chi connectivity index (χ0v) is 16.8. The molecule has 2 aromatic heterocycles. The van der Waals surface area contributed by atoms with Crippen LogP contribution in [0.25, 0.3) is 22.8 Å². The Labute approximate surface area is 164 Å². The molecule has 148 valence electrons. The lowest BCUT2D eigenvalue weighted by atomic mass is 9.92. The average Bonchev–Trinajstić information content (AvgIpc) is 3.31. The van der Waals surface area contributed by atoms with Crippen LogP contribution in [-0.4, -0.2) is 51.9 Å². The highest BCUT2D eigenvalue weighted by atomic mass is 16.5. The Balaban J connectivity index is 1.56. The number of nitrogens with zero attached hydrogens (tertiary/aromatic N) is 5. The van der Waals surface area contributed by atoms with Gasteiger partial charge in [-0.3, -0.25) is 4.90 Å². The molecule has 8 heteroatoms. The summed E-state index contributed by atoms with van der Waals surface area (Å²) in [6.07, 6.45) is 0.732. The SMILES string of the molecule is CN1CCNCC1c1noc(-c2cccc(-c3noc(CC(C)(C)C)n3)c2)n1. The van der Waals surface area contributed by atoms with Crippen LogP contribution < -0.4 is 5.32 Å². The van der Waals surface area contributed by atoms with Crippen LogP contribution in [0.15, 0.2) is 33.3 Å². The van der Waals surface area contributed by atoms with Gasteiger partial charge in [-0.15, -0.1) is 0 Å². The molecule has 1 aliphatic heterocycles. The van der Waals surface area contributed by atoms with Crippen LogP contribution in [0.2, 0.25) is 0 Å². The minimum Gasteiger partial charge on any atom is -0.339 e. The van der Waals surface area contributed by atoms with Gasteiger partial charge >= 0.3 is 0 Å². The Morgan fingerprint density at radius 3 is 2.75 bits per heavy atom. The van der Waals surface area contributed by atoms with E-state index < -0.39 is 0 Å². The van der Waals surface area contributed by atoms with E-state index in [9.17, 15) is 0 Å². The minimum atomic E-state index is 0.0902. The van der Waals surface area contributed by atoms with Gasteiger partial charge < -0.3 is 14.4 Å². The molecule has 3 heterocycles. The Morgan fingerprint density at radius 2 is 1.96 bits per heavy atom. The monoisotopic (exact) mass is 382 g/mol. The highest BCUT2D eigenvalue weighted by Gasteiger charge is 2.25. The highest BCUT2D eigenvalue weighted by molar-refractivity contribution is 5.64. The van der Waals surface area contributed by atoms with Crippen LogP contribution in [0, 0.1) is 5.41 Å². The van der Waals surface area contributed by atoms with Crippen molar-refractivity contribution in [3.05, 3.63) is 36.0 Å². The van der Waals surface area contributed by atoms with Crippen molar-refractivity contribution in [3.8, 4) is 22.8 Å². The number of hydrogen-bond donors (Lipinski definition) is 1. The predicted octanol–water partition coefficient (Wildman–Crippen LogP) is 2.95. The summed E-state index contributed by atoms with van der Waals surface area (Å²) in [7, 11) is 2.08. The highest BCUT2D eigenvalue weighted by Crippen LogP contribution is 2.27. The van der Waals surface area contributed by atoms with Gasteiger partial charge in [0.05, 0.1) is 6.04 Å². The number of likely N-dealkylation sites (N-methyl/N-ethyl adjacent to an activating group) is 1. The van der Waals surface area contributed by atoms with Crippen molar-refractivity contribution in [2.24, 2.45) is 5.41 Å². The normalized spacial score (nSPS) is 18.5. The first kappa shape index (κ1) is 18.8. The zero-order valence-electron chi connectivity index (χ0n) is 16.8. The smallest absolute Gasteiger partial charge is 0.258 e. The van der Waals surface area contributed by atoms with Gasteiger partial charge in [0.1, 0.15) is 0 Å². The molecule has 1 aromatic carbocycles. The number of piperazine rings is 1. The summed E-state index contributed by atoms with van der Waals surface area (Å²) in [5.74, 6) is 2.40.